The fourth-order valence-corrected chi connectivity index (χ4v) is 3.98. The number of nitrogens with zero attached hydrogens (tertiary/aromatic N) is 1. The Kier molecular flexibility index (Phi) is 9.33. The predicted octanol–water partition coefficient (Wildman–Crippen LogP) is 6.14. The highest BCUT2D eigenvalue weighted by molar-refractivity contribution is 6.05. The molecule has 0 amide bonds. The van der Waals surface area contributed by atoms with Crippen LogP contribution in [-0.4, -0.2) is 33.1 Å². The Balaban J connectivity index is 1.96. The van der Waals surface area contributed by atoms with Gasteiger partial charge in [-0.1, -0.05) is 44.9 Å². The number of carbonyl (C=O) groups is 1. The first-order valence-corrected chi connectivity index (χ1v) is 12.1. The van der Waals surface area contributed by atoms with Crippen LogP contribution in [0.3, 0.4) is 0 Å². The van der Waals surface area contributed by atoms with E-state index in [4.69, 9.17) is 20.0 Å². The molecule has 1 aromatic heterocycles. The van der Waals surface area contributed by atoms with Gasteiger partial charge in [-0.2, -0.15) is 13.2 Å². The largest absolute Gasteiger partial charge is 0.593 e. The molecule has 1 atom stereocenters. The van der Waals surface area contributed by atoms with Gasteiger partial charge in [-0.25, -0.2) is 4.79 Å². The maximum atomic E-state index is 13.3. The lowest BCUT2D eigenvalue weighted by Crippen LogP contribution is -2.24. The SMILES string of the molecule is CCCc1cc(C(=N)C(F)(F)F)c([OH2+])c(CCC)c1OC(C(=O)O)c1ccc(OCc2ccccn2)cc1. The van der Waals surface area contributed by atoms with Crippen molar-refractivity contribution in [3.63, 3.8) is 0 Å². The van der Waals surface area contributed by atoms with E-state index in [0.717, 1.165) is 11.8 Å². The van der Waals surface area contributed by atoms with Gasteiger partial charge >= 0.3 is 12.1 Å². The van der Waals surface area contributed by atoms with Gasteiger partial charge in [-0.05, 0) is 48.7 Å². The maximum Gasteiger partial charge on any atom is 0.433 e. The number of rotatable bonds is 12. The number of halogens is 3. The van der Waals surface area contributed by atoms with Gasteiger partial charge in [0.05, 0.1) is 11.3 Å². The number of hydrogen-bond acceptors (Lipinski definition) is 5. The lowest BCUT2D eigenvalue weighted by Gasteiger charge is -2.22. The van der Waals surface area contributed by atoms with E-state index in [0.29, 0.717) is 29.7 Å². The van der Waals surface area contributed by atoms with Gasteiger partial charge in [0.2, 0.25) is 6.10 Å². The lowest BCUT2D eigenvalue weighted by atomic mass is 9.94. The van der Waals surface area contributed by atoms with Crippen LogP contribution in [0.1, 0.15) is 60.7 Å². The third kappa shape index (κ3) is 6.81. The number of carboxylic acid groups (broad SMARTS) is 1. The smallest absolute Gasteiger partial charge is 0.433 e. The van der Waals surface area contributed by atoms with Crippen molar-refractivity contribution in [1.82, 2.24) is 4.98 Å². The molecule has 0 saturated heterocycles. The van der Waals surface area contributed by atoms with Gasteiger partial charge in [-0.3, -0.25) is 10.4 Å². The van der Waals surface area contributed by atoms with Crippen LogP contribution >= 0.6 is 0 Å². The van der Waals surface area contributed by atoms with Crippen molar-refractivity contribution in [2.45, 2.75) is 58.4 Å². The second kappa shape index (κ2) is 12.4. The second-order valence-corrected chi connectivity index (χ2v) is 8.65. The molecule has 0 saturated carbocycles. The van der Waals surface area contributed by atoms with Gasteiger partial charge in [0.1, 0.15) is 23.7 Å². The Labute approximate surface area is 218 Å². The van der Waals surface area contributed by atoms with E-state index in [1.54, 1.807) is 43.5 Å². The van der Waals surface area contributed by atoms with Crippen molar-refractivity contribution >= 4 is 11.7 Å². The summed E-state index contributed by atoms with van der Waals surface area (Å²) < 4.78 is 51.7. The number of benzene rings is 2. The third-order valence-electron chi connectivity index (χ3n) is 5.78. The Morgan fingerprint density at radius 1 is 1.11 bits per heavy atom. The summed E-state index contributed by atoms with van der Waals surface area (Å²) >= 11 is 0. The third-order valence-corrected chi connectivity index (χ3v) is 5.78. The van der Waals surface area contributed by atoms with Crippen LogP contribution in [0.2, 0.25) is 0 Å². The second-order valence-electron chi connectivity index (χ2n) is 8.65. The normalized spacial score (nSPS) is 12.1. The topological polar surface area (TPSA) is 115 Å². The minimum atomic E-state index is -4.92. The molecule has 4 N–H and O–H groups in total. The zero-order chi connectivity index (χ0) is 27.9. The zero-order valence-electron chi connectivity index (χ0n) is 21.1. The molecule has 2 aromatic carbocycles. The molecule has 0 aliphatic heterocycles. The molecule has 0 spiro atoms. The molecule has 0 aliphatic rings. The summed E-state index contributed by atoms with van der Waals surface area (Å²) in [4.78, 5) is 16.4. The Bertz CT molecular complexity index is 1260. The number of nitrogens with one attached hydrogen (secondary N) is 1. The molecular weight excluding hydrogens is 501 g/mol. The van der Waals surface area contributed by atoms with Crippen molar-refractivity contribution in [3.05, 3.63) is 82.7 Å². The van der Waals surface area contributed by atoms with E-state index in [1.807, 2.05) is 19.1 Å². The number of alkyl halides is 3. The first kappa shape index (κ1) is 28.5. The molecule has 1 heterocycles. The van der Waals surface area contributed by atoms with E-state index >= 15 is 0 Å². The number of pyridine rings is 1. The summed E-state index contributed by atoms with van der Waals surface area (Å²) in [5.74, 6) is -1.20. The lowest BCUT2D eigenvalue weighted by molar-refractivity contribution is -0.145. The molecule has 0 bridgehead atoms. The van der Waals surface area contributed by atoms with E-state index in [1.165, 1.54) is 0 Å². The summed E-state index contributed by atoms with van der Waals surface area (Å²) in [7, 11) is 0. The fraction of sp³-hybridized carbons (Fsp3) is 0.321. The Hall–Kier alpha value is -4.08. The van der Waals surface area contributed by atoms with Crippen molar-refractivity contribution in [2.75, 3.05) is 0 Å². The van der Waals surface area contributed by atoms with E-state index in [2.05, 4.69) is 4.98 Å². The van der Waals surface area contributed by atoms with Crippen molar-refractivity contribution in [1.29, 1.82) is 5.41 Å². The molecule has 7 nitrogen and oxygen atoms in total. The molecular formula is C28H30F3N2O5+. The minimum Gasteiger partial charge on any atom is -0.593 e. The van der Waals surface area contributed by atoms with Crippen LogP contribution in [0, 0.1) is 5.41 Å². The maximum absolute atomic E-state index is 13.3. The van der Waals surface area contributed by atoms with Crippen LogP contribution in [0.25, 0.3) is 0 Å². The van der Waals surface area contributed by atoms with Crippen LogP contribution in [0.5, 0.6) is 17.2 Å². The quantitative estimate of drug-likeness (QED) is 0.215. The van der Waals surface area contributed by atoms with Gasteiger partial charge in [0.15, 0.2) is 5.71 Å². The Morgan fingerprint density at radius 2 is 1.79 bits per heavy atom. The van der Waals surface area contributed by atoms with E-state index in [-0.39, 0.29) is 30.8 Å². The van der Waals surface area contributed by atoms with E-state index in [9.17, 15) is 23.1 Å². The molecule has 0 aliphatic carbocycles. The summed E-state index contributed by atoms with van der Waals surface area (Å²) in [6.07, 6.45) is -3.24. The van der Waals surface area contributed by atoms with Crippen LogP contribution < -0.4 is 9.47 Å². The number of ether oxygens (including phenoxy) is 2. The average Bonchev–Trinajstić information content (AvgIpc) is 2.89. The monoisotopic (exact) mass is 531 g/mol. The highest BCUT2D eigenvalue weighted by atomic mass is 19.4. The van der Waals surface area contributed by atoms with Crippen LogP contribution in [-0.2, 0) is 24.2 Å². The predicted molar refractivity (Wildman–Crippen MR) is 136 cm³/mol. The number of hydrogen-bond donors (Lipinski definition) is 2. The summed E-state index contributed by atoms with van der Waals surface area (Å²) in [5, 5.41) is 26.0. The highest BCUT2D eigenvalue weighted by Gasteiger charge is 2.40. The average molecular weight is 532 g/mol. The highest BCUT2D eigenvalue weighted by Crippen LogP contribution is 2.41. The molecule has 1 unspecified atom stereocenters. The molecule has 0 fully saturated rings. The molecule has 0 radical (unpaired) electrons. The Morgan fingerprint density at radius 3 is 2.34 bits per heavy atom. The van der Waals surface area contributed by atoms with Crippen molar-refractivity contribution in [3.8, 4) is 17.2 Å². The molecule has 38 heavy (non-hydrogen) atoms. The number of aryl methyl sites for hydroxylation is 1. The summed E-state index contributed by atoms with van der Waals surface area (Å²) in [6, 6.07) is 12.9. The van der Waals surface area contributed by atoms with Crippen molar-refractivity contribution < 1.29 is 37.7 Å². The van der Waals surface area contributed by atoms with Gasteiger partial charge in [0.25, 0.3) is 5.75 Å². The van der Waals surface area contributed by atoms with Gasteiger partial charge < -0.3 is 19.7 Å². The van der Waals surface area contributed by atoms with Crippen LogP contribution in [0.15, 0.2) is 54.7 Å². The van der Waals surface area contributed by atoms with Crippen molar-refractivity contribution in [2.24, 2.45) is 0 Å². The fourth-order valence-electron chi connectivity index (χ4n) is 3.98. The standard InChI is InChI=1S/C28H29F3N2O5/c1-3-7-18-15-22(26(32)28(29,30)31)23(34)21(8-4-2)24(18)38-25(27(35)36)17-10-12-20(13-11-17)37-16-19-9-5-6-14-33-19/h5-6,9-15,25,32,34H,3-4,7-8,16H2,1-2H3,(H,35,36)/p+1. The molecule has 10 heteroatoms. The molecule has 3 aromatic rings. The number of carboxylic acids is 1. The van der Waals surface area contributed by atoms with E-state index < -0.39 is 35.3 Å². The van der Waals surface area contributed by atoms with Gasteiger partial charge in [0, 0.05) is 11.8 Å². The zero-order valence-corrected chi connectivity index (χ0v) is 21.1. The number of aromatic nitrogens is 1. The summed E-state index contributed by atoms with van der Waals surface area (Å²) in [6.45, 7) is 3.85. The first-order valence-electron chi connectivity index (χ1n) is 12.1. The minimum absolute atomic E-state index is 0.0836. The van der Waals surface area contributed by atoms with Crippen LogP contribution in [0.4, 0.5) is 13.2 Å². The summed E-state index contributed by atoms with van der Waals surface area (Å²) in [5.41, 5.74) is -0.644. The van der Waals surface area contributed by atoms with Gasteiger partial charge in [-0.15, -0.1) is 0 Å². The molecule has 202 valence electrons. The molecule has 3 rings (SSSR count). The first-order chi connectivity index (χ1) is 18.1. The number of aliphatic carboxylic acids is 1.